The van der Waals surface area contributed by atoms with Crippen LogP contribution >= 0.6 is 12.4 Å². The van der Waals surface area contributed by atoms with E-state index in [1.54, 1.807) is 10.9 Å². The minimum atomic E-state index is -0.686. The molecular weight excluding hydrogens is 388 g/mol. The minimum Gasteiger partial charge on any atom is -0.343 e. The van der Waals surface area contributed by atoms with Gasteiger partial charge in [-0.3, -0.25) is 4.79 Å². The molecule has 9 heteroatoms. The van der Waals surface area contributed by atoms with Crippen LogP contribution in [0.3, 0.4) is 0 Å². The Bertz CT molecular complexity index is 815. The zero-order valence-electron chi connectivity index (χ0n) is 16.2. The van der Waals surface area contributed by atoms with Crippen molar-refractivity contribution >= 4 is 18.3 Å². The molecule has 1 fully saturated rings. The van der Waals surface area contributed by atoms with Crippen molar-refractivity contribution < 1.29 is 13.6 Å². The predicted octanol–water partition coefficient (Wildman–Crippen LogP) is 3.42. The van der Waals surface area contributed by atoms with Crippen molar-refractivity contribution in [1.29, 1.82) is 0 Å². The number of piperidine rings is 1. The zero-order chi connectivity index (χ0) is 19.6. The second-order valence-corrected chi connectivity index (χ2v) is 8.00. The first-order chi connectivity index (χ1) is 12.8. The number of amides is 1. The van der Waals surface area contributed by atoms with Crippen LogP contribution in [0.1, 0.15) is 61.7 Å². The van der Waals surface area contributed by atoms with Crippen LogP contribution in [0.4, 0.5) is 8.78 Å². The number of rotatable bonds is 4. The number of hydrogen-bond donors (Lipinski definition) is 2. The van der Waals surface area contributed by atoms with Crippen molar-refractivity contribution in [2.75, 3.05) is 13.1 Å². The van der Waals surface area contributed by atoms with E-state index in [9.17, 15) is 13.6 Å². The van der Waals surface area contributed by atoms with E-state index in [0.29, 0.717) is 0 Å². The monoisotopic (exact) mass is 413 g/mol. The summed E-state index contributed by atoms with van der Waals surface area (Å²) >= 11 is 0. The summed E-state index contributed by atoms with van der Waals surface area (Å²) in [5.74, 6) is -1.77. The van der Waals surface area contributed by atoms with Gasteiger partial charge in [0.1, 0.15) is 11.6 Å². The third-order valence-electron chi connectivity index (χ3n) is 4.84. The molecule has 0 aliphatic carbocycles. The van der Waals surface area contributed by atoms with Gasteiger partial charge in [-0.25, -0.2) is 13.5 Å². The molecule has 0 bridgehead atoms. The second-order valence-electron chi connectivity index (χ2n) is 8.00. The summed E-state index contributed by atoms with van der Waals surface area (Å²) in [7, 11) is 0. The van der Waals surface area contributed by atoms with Crippen LogP contribution < -0.4 is 10.6 Å². The molecule has 0 saturated carbocycles. The van der Waals surface area contributed by atoms with Crippen LogP contribution in [0.5, 0.6) is 0 Å². The van der Waals surface area contributed by atoms with E-state index in [4.69, 9.17) is 0 Å². The molecule has 2 N–H and O–H groups in total. The molecule has 2 heterocycles. The quantitative estimate of drug-likeness (QED) is 0.805. The van der Waals surface area contributed by atoms with Gasteiger partial charge in [-0.2, -0.15) is 0 Å². The Balaban J connectivity index is 0.00000280. The number of nitrogens with zero attached hydrogens (tertiary/aromatic N) is 3. The normalized spacial score (nSPS) is 16.3. The van der Waals surface area contributed by atoms with Gasteiger partial charge >= 0.3 is 0 Å². The first kappa shape index (κ1) is 22.2. The molecule has 1 aromatic carbocycles. The lowest BCUT2D eigenvalue weighted by atomic mass is 9.82. The minimum absolute atomic E-state index is 0. The molecule has 2 aromatic rings. The Morgan fingerprint density at radius 2 is 1.96 bits per heavy atom. The average molecular weight is 414 g/mol. The first-order valence-electron chi connectivity index (χ1n) is 9.14. The lowest BCUT2D eigenvalue weighted by Gasteiger charge is -2.32. The van der Waals surface area contributed by atoms with Gasteiger partial charge in [-0.1, -0.05) is 32.1 Å². The van der Waals surface area contributed by atoms with E-state index < -0.39 is 29.0 Å². The van der Waals surface area contributed by atoms with Crippen molar-refractivity contribution in [1.82, 2.24) is 25.6 Å². The molecular formula is C19H26ClF2N5O. The SMILES string of the molecule is CC(C)(C)C(NC(=O)c1cn(C2CCNCC2)nn1)c1ccc(F)cc1F.Cl. The van der Waals surface area contributed by atoms with E-state index in [0.717, 1.165) is 32.0 Å². The van der Waals surface area contributed by atoms with Crippen LogP contribution in [0.25, 0.3) is 0 Å². The summed E-state index contributed by atoms with van der Waals surface area (Å²) in [4.78, 5) is 12.7. The lowest BCUT2D eigenvalue weighted by molar-refractivity contribution is 0.0895. The van der Waals surface area contributed by atoms with E-state index in [1.165, 1.54) is 12.1 Å². The maximum Gasteiger partial charge on any atom is 0.273 e. The predicted molar refractivity (Wildman–Crippen MR) is 104 cm³/mol. The summed E-state index contributed by atoms with van der Waals surface area (Å²) in [5, 5.41) is 14.2. The van der Waals surface area contributed by atoms with E-state index in [2.05, 4.69) is 20.9 Å². The highest BCUT2D eigenvalue weighted by Crippen LogP contribution is 2.34. The number of aromatic nitrogens is 3. The van der Waals surface area contributed by atoms with Crippen molar-refractivity contribution in [2.45, 2.75) is 45.7 Å². The molecule has 6 nitrogen and oxygen atoms in total. The molecule has 1 atom stereocenters. The van der Waals surface area contributed by atoms with E-state index in [1.807, 2.05) is 20.8 Å². The number of benzene rings is 1. The molecule has 0 spiro atoms. The van der Waals surface area contributed by atoms with Crippen molar-refractivity contribution in [3.8, 4) is 0 Å². The molecule has 154 valence electrons. The van der Waals surface area contributed by atoms with Crippen LogP contribution in [0.15, 0.2) is 24.4 Å². The van der Waals surface area contributed by atoms with E-state index in [-0.39, 0.29) is 29.7 Å². The molecule has 1 aliphatic rings. The third kappa shape index (κ3) is 5.05. The summed E-state index contributed by atoms with van der Waals surface area (Å²) < 4.78 is 29.3. The molecule has 1 amide bonds. The fourth-order valence-electron chi connectivity index (χ4n) is 3.33. The van der Waals surface area contributed by atoms with E-state index >= 15 is 0 Å². The number of hydrogen-bond acceptors (Lipinski definition) is 4. The average Bonchev–Trinajstić information content (AvgIpc) is 3.10. The van der Waals surface area contributed by atoms with Gasteiger partial charge in [0, 0.05) is 11.6 Å². The molecule has 0 radical (unpaired) electrons. The van der Waals surface area contributed by atoms with Gasteiger partial charge in [-0.05, 0) is 37.4 Å². The Labute approximate surface area is 169 Å². The van der Waals surface area contributed by atoms with Crippen molar-refractivity contribution in [2.24, 2.45) is 5.41 Å². The molecule has 28 heavy (non-hydrogen) atoms. The van der Waals surface area contributed by atoms with Crippen LogP contribution in [-0.4, -0.2) is 34.0 Å². The first-order valence-corrected chi connectivity index (χ1v) is 9.14. The lowest BCUT2D eigenvalue weighted by Crippen LogP contribution is -2.37. The topological polar surface area (TPSA) is 71.8 Å². The van der Waals surface area contributed by atoms with Crippen LogP contribution in [-0.2, 0) is 0 Å². The fourth-order valence-corrected chi connectivity index (χ4v) is 3.33. The molecule has 1 aliphatic heterocycles. The molecule has 3 rings (SSSR count). The second kappa shape index (κ2) is 8.96. The smallest absolute Gasteiger partial charge is 0.273 e. The summed E-state index contributed by atoms with van der Waals surface area (Å²) in [5.41, 5.74) is -0.0624. The molecule has 1 unspecified atom stereocenters. The highest BCUT2D eigenvalue weighted by Gasteiger charge is 2.31. The highest BCUT2D eigenvalue weighted by atomic mass is 35.5. The summed E-state index contributed by atoms with van der Waals surface area (Å²) in [6.07, 6.45) is 3.48. The zero-order valence-corrected chi connectivity index (χ0v) is 17.0. The van der Waals surface area contributed by atoms with Gasteiger partial charge in [0.25, 0.3) is 5.91 Å². The number of halogens is 3. The van der Waals surface area contributed by atoms with Gasteiger partial charge in [0.15, 0.2) is 5.69 Å². The van der Waals surface area contributed by atoms with Gasteiger partial charge in [0.2, 0.25) is 0 Å². The third-order valence-corrected chi connectivity index (χ3v) is 4.84. The Morgan fingerprint density at radius 1 is 1.29 bits per heavy atom. The van der Waals surface area contributed by atoms with Crippen LogP contribution in [0, 0.1) is 17.0 Å². The van der Waals surface area contributed by atoms with Gasteiger partial charge in [0.05, 0.1) is 18.3 Å². The highest BCUT2D eigenvalue weighted by molar-refractivity contribution is 5.92. The standard InChI is InChI=1S/C19H25F2N5O.ClH/c1-19(2,3)17(14-5-4-12(20)10-15(14)21)23-18(27)16-11-26(25-24-16)13-6-8-22-9-7-13;/h4-5,10-11,13,17,22H,6-9H2,1-3H3,(H,23,27);1H. The van der Waals surface area contributed by atoms with Crippen molar-refractivity contribution in [3.63, 3.8) is 0 Å². The summed E-state index contributed by atoms with van der Waals surface area (Å²) in [6, 6.07) is 2.96. The molecule has 1 saturated heterocycles. The number of carbonyl (C=O) groups is 1. The Morgan fingerprint density at radius 3 is 2.57 bits per heavy atom. The number of carbonyl (C=O) groups excluding carboxylic acids is 1. The maximum atomic E-state index is 14.3. The molecule has 1 aromatic heterocycles. The Kier molecular flexibility index (Phi) is 7.11. The Hall–Kier alpha value is -2.06. The number of nitrogens with one attached hydrogen (secondary N) is 2. The van der Waals surface area contributed by atoms with Crippen molar-refractivity contribution in [3.05, 3.63) is 47.3 Å². The van der Waals surface area contributed by atoms with Gasteiger partial charge in [-0.15, -0.1) is 17.5 Å². The maximum absolute atomic E-state index is 14.3. The van der Waals surface area contributed by atoms with Crippen LogP contribution in [0.2, 0.25) is 0 Å². The summed E-state index contributed by atoms with van der Waals surface area (Å²) in [6.45, 7) is 7.45. The fraction of sp³-hybridized carbons (Fsp3) is 0.526. The largest absolute Gasteiger partial charge is 0.343 e. The van der Waals surface area contributed by atoms with Gasteiger partial charge < -0.3 is 10.6 Å².